The number of nitrogens with one attached hydrogen (secondary N) is 2. The molecule has 0 spiro atoms. The molecular weight excluding hydrogens is 522 g/mol. The molecule has 9 heteroatoms. The van der Waals surface area contributed by atoms with Crippen molar-refractivity contribution in [3.8, 4) is 0 Å². The SMILES string of the molecule is C[C@@H]1C[C@H]1/C=C/[C@@H]1C[C@H]1C1C[C@H]1C1C[C@H]1C1C[C@H]1/C=C/C=C/C(=O)NC[C@H]1O[C@@H](N2CCC(=O)NC2=O)[C@H](O)[C@@H]1O. The van der Waals surface area contributed by atoms with E-state index in [1.807, 2.05) is 6.08 Å². The highest BCUT2D eigenvalue weighted by Crippen LogP contribution is 2.70. The van der Waals surface area contributed by atoms with E-state index in [9.17, 15) is 24.6 Å². The summed E-state index contributed by atoms with van der Waals surface area (Å²) in [6, 6.07) is -0.665. The number of amides is 4. The van der Waals surface area contributed by atoms with Gasteiger partial charge in [0.25, 0.3) is 0 Å². The summed E-state index contributed by atoms with van der Waals surface area (Å²) in [5, 5.41) is 25.6. The molecule has 14 atom stereocenters. The Kier molecular flexibility index (Phi) is 7.11. The van der Waals surface area contributed by atoms with E-state index in [2.05, 4.69) is 35.8 Å². The number of allylic oxidation sites excluding steroid dienone is 5. The highest BCUT2D eigenvalue weighted by atomic mass is 16.6. The van der Waals surface area contributed by atoms with Crippen LogP contribution in [0.25, 0.3) is 0 Å². The Morgan fingerprint density at radius 1 is 0.902 bits per heavy atom. The third kappa shape index (κ3) is 5.90. The number of hydrogen-bond donors (Lipinski definition) is 4. The fourth-order valence-corrected chi connectivity index (χ4v) is 7.83. The lowest BCUT2D eigenvalue weighted by Gasteiger charge is -2.32. The average molecular weight is 566 g/mol. The monoisotopic (exact) mass is 565 g/mol. The average Bonchev–Trinajstić information content (AvgIpc) is 3.72. The van der Waals surface area contributed by atoms with Crippen molar-refractivity contribution in [3.05, 3.63) is 36.5 Å². The number of ether oxygens (including phenoxy) is 1. The van der Waals surface area contributed by atoms with E-state index in [1.165, 1.54) is 43.1 Å². The number of carbonyl (C=O) groups excluding carboxylic acids is 3. The molecule has 7 fully saturated rings. The van der Waals surface area contributed by atoms with Crippen LogP contribution >= 0.6 is 0 Å². The number of aliphatic hydroxyl groups is 2. The molecule has 41 heavy (non-hydrogen) atoms. The number of hydrogen-bond acceptors (Lipinski definition) is 6. The van der Waals surface area contributed by atoms with Crippen LogP contribution in [-0.2, 0) is 14.3 Å². The Morgan fingerprint density at radius 3 is 2.20 bits per heavy atom. The number of rotatable bonds is 11. The van der Waals surface area contributed by atoms with Gasteiger partial charge in [0.05, 0.1) is 0 Å². The van der Waals surface area contributed by atoms with Gasteiger partial charge in [0.1, 0.15) is 18.3 Å². The molecule has 3 unspecified atom stereocenters. The molecule has 0 bridgehead atoms. The van der Waals surface area contributed by atoms with E-state index in [1.54, 1.807) is 6.08 Å². The molecule has 2 heterocycles. The van der Waals surface area contributed by atoms with E-state index < -0.39 is 36.5 Å². The van der Waals surface area contributed by atoms with E-state index in [0.717, 1.165) is 53.3 Å². The number of urea groups is 1. The molecular formula is C32H43N3O6. The minimum Gasteiger partial charge on any atom is -0.387 e. The van der Waals surface area contributed by atoms with Crippen LogP contribution in [0.4, 0.5) is 4.79 Å². The number of nitrogens with zero attached hydrogens (tertiary/aromatic N) is 1. The zero-order valence-corrected chi connectivity index (χ0v) is 23.7. The summed E-state index contributed by atoms with van der Waals surface area (Å²) < 4.78 is 5.67. The Hall–Kier alpha value is -2.49. The topological polar surface area (TPSA) is 128 Å². The van der Waals surface area contributed by atoms with Crippen molar-refractivity contribution < 1.29 is 29.3 Å². The van der Waals surface area contributed by atoms with Crippen molar-refractivity contribution in [1.82, 2.24) is 15.5 Å². The fourth-order valence-electron chi connectivity index (χ4n) is 7.83. The lowest BCUT2D eigenvalue weighted by atomic mass is 10.1. The molecule has 0 radical (unpaired) electrons. The quantitative estimate of drug-likeness (QED) is 0.173. The summed E-state index contributed by atoms with van der Waals surface area (Å²) in [5.74, 6) is 8.29. The van der Waals surface area contributed by atoms with Crippen LogP contribution < -0.4 is 10.6 Å². The first kappa shape index (κ1) is 27.3. The minimum absolute atomic E-state index is 0.0104. The smallest absolute Gasteiger partial charge is 0.326 e. The molecule has 222 valence electrons. The highest BCUT2D eigenvalue weighted by Gasteiger charge is 2.63. The second-order valence-electron chi connectivity index (χ2n) is 13.8. The largest absolute Gasteiger partial charge is 0.387 e. The first-order valence-corrected chi connectivity index (χ1v) is 15.7. The molecule has 2 saturated heterocycles. The van der Waals surface area contributed by atoms with Gasteiger partial charge in [-0.2, -0.15) is 0 Å². The molecule has 7 rings (SSSR count). The Balaban J connectivity index is 0.787. The van der Waals surface area contributed by atoms with Crippen molar-refractivity contribution in [3.63, 3.8) is 0 Å². The third-order valence-corrected chi connectivity index (χ3v) is 10.9. The van der Waals surface area contributed by atoms with Crippen LogP contribution in [0.3, 0.4) is 0 Å². The lowest BCUT2D eigenvalue weighted by Crippen LogP contribution is -2.56. The van der Waals surface area contributed by atoms with E-state index in [0.29, 0.717) is 5.92 Å². The zero-order valence-electron chi connectivity index (χ0n) is 23.7. The fraction of sp³-hybridized carbons (Fsp3) is 0.719. The highest BCUT2D eigenvalue weighted by molar-refractivity contribution is 5.96. The summed E-state index contributed by atoms with van der Waals surface area (Å²) in [5.41, 5.74) is 0. The van der Waals surface area contributed by atoms with Crippen molar-refractivity contribution in [2.24, 2.45) is 59.2 Å². The van der Waals surface area contributed by atoms with E-state index >= 15 is 0 Å². The molecule has 5 aliphatic carbocycles. The van der Waals surface area contributed by atoms with Crippen molar-refractivity contribution in [1.29, 1.82) is 0 Å². The van der Waals surface area contributed by atoms with Gasteiger partial charge in [-0.1, -0.05) is 37.3 Å². The zero-order chi connectivity index (χ0) is 28.4. The summed E-state index contributed by atoms with van der Waals surface area (Å²) in [6.45, 7) is 2.44. The summed E-state index contributed by atoms with van der Waals surface area (Å²) in [4.78, 5) is 36.9. The summed E-state index contributed by atoms with van der Waals surface area (Å²) in [6.07, 6.45) is 15.0. The van der Waals surface area contributed by atoms with Gasteiger partial charge in [-0.05, 0) is 91.3 Å². The second kappa shape index (κ2) is 10.7. The van der Waals surface area contributed by atoms with Crippen LogP contribution in [0.15, 0.2) is 36.5 Å². The van der Waals surface area contributed by atoms with Crippen LogP contribution in [-0.4, -0.2) is 70.6 Å². The van der Waals surface area contributed by atoms with Gasteiger partial charge < -0.3 is 20.3 Å². The van der Waals surface area contributed by atoms with Crippen molar-refractivity contribution in [2.75, 3.05) is 13.1 Å². The van der Waals surface area contributed by atoms with Gasteiger partial charge in [-0.25, -0.2) is 4.79 Å². The Morgan fingerprint density at radius 2 is 1.54 bits per heavy atom. The maximum absolute atomic E-state index is 12.3. The molecule has 2 aliphatic heterocycles. The molecule has 7 aliphatic rings. The van der Waals surface area contributed by atoms with Crippen LogP contribution in [0.5, 0.6) is 0 Å². The molecule has 4 amide bonds. The standard InChI is InChI=1S/C32H43N3O6/c1-16-10-17(16)6-7-19-12-21(19)23-14-25(23)24-13-22(24)20-11-18(20)4-2-3-5-27(36)33-15-26-29(38)30(39)31(41-26)35-9-8-28(37)34-32(35)40/h2-7,16-26,29-31,38-39H,8-15H2,1H3,(H,33,36)(H,34,37,40)/b4-2+,5-3+,7-6+/t16-,17-,18-,19-,20?,21-,22+,23?,24?,25-,26-,29-,30-,31-/m1/s1. The van der Waals surface area contributed by atoms with Gasteiger partial charge >= 0.3 is 6.03 Å². The van der Waals surface area contributed by atoms with E-state index in [-0.39, 0.29) is 25.4 Å². The molecule has 0 aromatic carbocycles. The lowest BCUT2D eigenvalue weighted by molar-refractivity contribution is -0.125. The molecule has 0 aromatic heterocycles. The van der Waals surface area contributed by atoms with Crippen LogP contribution in [0, 0.1) is 59.2 Å². The maximum atomic E-state index is 12.3. The van der Waals surface area contributed by atoms with Crippen molar-refractivity contribution in [2.45, 2.75) is 70.0 Å². The summed E-state index contributed by atoms with van der Waals surface area (Å²) in [7, 11) is 0. The second-order valence-corrected chi connectivity index (χ2v) is 13.8. The Bertz CT molecular complexity index is 1170. The van der Waals surface area contributed by atoms with E-state index in [4.69, 9.17) is 4.74 Å². The normalized spacial score (nSPS) is 48.2. The van der Waals surface area contributed by atoms with Crippen LogP contribution in [0.2, 0.25) is 0 Å². The van der Waals surface area contributed by atoms with Crippen LogP contribution in [0.1, 0.15) is 45.4 Å². The molecule has 5 saturated carbocycles. The summed E-state index contributed by atoms with van der Waals surface area (Å²) >= 11 is 0. The van der Waals surface area contributed by atoms with Gasteiger partial charge in [0.2, 0.25) is 11.8 Å². The van der Waals surface area contributed by atoms with Gasteiger partial charge in [-0.3, -0.25) is 19.8 Å². The Labute approximate surface area is 241 Å². The minimum atomic E-state index is -1.33. The molecule has 4 N–H and O–H groups in total. The number of carbonyl (C=O) groups is 3. The first-order chi connectivity index (χ1) is 19.8. The molecule has 9 nitrogen and oxygen atoms in total. The van der Waals surface area contributed by atoms with Crippen molar-refractivity contribution >= 4 is 17.8 Å². The van der Waals surface area contributed by atoms with Gasteiger partial charge in [0, 0.05) is 25.6 Å². The maximum Gasteiger partial charge on any atom is 0.326 e. The predicted octanol–water partition coefficient (Wildman–Crippen LogP) is 2.36. The van der Waals surface area contributed by atoms with Gasteiger partial charge in [-0.15, -0.1) is 0 Å². The van der Waals surface area contributed by atoms with Gasteiger partial charge in [0.15, 0.2) is 6.23 Å². The third-order valence-electron chi connectivity index (χ3n) is 10.9. The first-order valence-electron chi connectivity index (χ1n) is 15.7. The predicted molar refractivity (Wildman–Crippen MR) is 150 cm³/mol. The number of aliphatic hydroxyl groups excluding tert-OH is 2. The number of imide groups is 1. The molecule has 0 aromatic rings.